The average molecular weight is 306 g/mol. The summed E-state index contributed by atoms with van der Waals surface area (Å²) >= 11 is 0. The fourth-order valence-electron chi connectivity index (χ4n) is 2.78. The predicted molar refractivity (Wildman–Crippen MR) is 96.1 cm³/mol. The van der Waals surface area contributed by atoms with Gasteiger partial charge in [-0.2, -0.15) is 0 Å². The Bertz CT molecular complexity index is 145. The van der Waals surface area contributed by atoms with Gasteiger partial charge in [0, 0.05) is 6.04 Å². The first-order valence-electron chi connectivity index (χ1n) is 9.02. The third-order valence-electron chi connectivity index (χ3n) is 4.22. The number of unbranched alkanes of at least 4 members (excludes halogenated alkanes) is 10. The minimum Gasteiger partial charge on any atom is -0.317 e. The summed E-state index contributed by atoms with van der Waals surface area (Å²) in [4.78, 5) is 0. The Morgan fingerprint density at radius 2 is 0.950 bits per heavy atom. The molecule has 0 aromatic rings. The number of halogens is 1. The van der Waals surface area contributed by atoms with E-state index < -0.39 is 0 Å². The Labute approximate surface area is 135 Å². The van der Waals surface area contributed by atoms with Gasteiger partial charge in [0.05, 0.1) is 0 Å². The monoisotopic (exact) mass is 305 g/mol. The number of hydrogen-bond acceptors (Lipinski definition) is 1. The van der Waals surface area contributed by atoms with Crippen LogP contribution in [0.1, 0.15) is 104 Å². The molecule has 0 aromatic heterocycles. The second-order valence-corrected chi connectivity index (χ2v) is 6.10. The van der Waals surface area contributed by atoms with Crippen molar-refractivity contribution in [1.29, 1.82) is 0 Å². The molecule has 0 heterocycles. The first-order chi connectivity index (χ1) is 9.35. The predicted octanol–water partition coefficient (Wildman–Crippen LogP) is 6.50. The van der Waals surface area contributed by atoms with Crippen molar-refractivity contribution >= 4 is 12.4 Å². The second kappa shape index (κ2) is 19.2. The molecule has 0 aliphatic rings. The summed E-state index contributed by atoms with van der Waals surface area (Å²) in [5, 5.41) is 3.51. The first kappa shape index (κ1) is 22.5. The molecule has 0 bridgehead atoms. The summed E-state index contributed by atoms with van der Waals surface area (Å²) in [6.07, 6.45) is 19.8. The van der Waals surface area contributed by atoms with E-state index in [9.17, 15) is 0 Å². The SMILES string of the molecule is CCCCCCCCC(CCCCCCCC)NC.Cl. The molecule has 0 saturated heterocycles. The van der Waals surface area contributed by atoms with Crippen molar-refractivity contribution in [2.75, 3.05) is 7.05 Å². The van der Waals surface area contributed by atoms with Crippen LogP contribution < -0.4 is 5.32 Å². The maximum atomic E-state index is 3.51. The fraction of sp³-hybridized carbons (Fsp3) is 1.00. The van der Waals surface area contributed by atoms with Crippen molar-refractivity contribution in [1.82, 2.24) is 5.32 Å². The zero-order valence-electron chi connectivity index (χ0n) is 14.4. The molecule has 124 valence electrons. The molecule has 0 unspecified atom stereocenters. The van der Waals surface area contributed by atoms with Crippen LogP contribution in [0.5, 0.6) is 0 Å². The lowest BCUT2D eigenvalue weighted by atomic mass is 10.0. The van der Waals surface area contributed by atoms with Gasteiger partial charge in [0.25, 0.3) is 0 Å². The topological polar surface area (TPSA) is 12.0 Å². The Balaban J connectivity index is 0. The van der Waals surface area contributed by atoms with Crippen LogP contribution in [0.25, 0.3) is 0 Å². The quantitative estimate of drug-likeness (QED) is 0.341. The van der Waals surface area contributed by atoms with E-state index in [0.717, 1.165) is 6.04 Å². The van der Waals surface area contributed by atoms with Crippen LogP contribution in [0.3, 0.4) is 0 Å². The molecule has 2 heteroatoms. The number of rotatable bonds is 15. The molecule has 0 spiro atoms. The van der Waals surface area contributed by atoms with Crippen LogP contribution in [-0.4, -0.2) is 13.1 Å². The van der Waals surface area contributed by atoms with Gasteiger partial charge in [-0.05, 0) is 19.9 Å². The number of nitrogens with one attached hydrogen (secondary N) is 1. The summed E-state index contributed by atoms with van der Waals surface area (Å²) < 4.78 is 0. The summed E-state index contributed by atoms with van der Waals surface area (Å²) in [5.41, 5.74) is 0. The maximum Gasteiger partial charge on any atom is 0.00640 e. The Morgan fingerprint density at radius 1 is 0.600 bits per heavy atom. The van der Waals surface area contributed by atoms with E-state index >= 15 is 0 Å². The maximum absolute atomic E-state index is 3.51. The average Bonchev–Trinajstić information content (AvgIpc) is 2.44. The molecule has 0 aliphatic heterocycles. The third kappa shape index (κ3) is 16.3. The summed E-state index contributed by atoms with van der Waals surface area (Å²) in [5.74, 6) is 0. The minimum absolute atomic E-state index is 0. The van der Waals surface area contributed by atoms with E-state index in [1.54, 1.807) is 0 Å². The van der Waals surface area contributed by atoms with E-state index in [-0.39, 0.29) is 12.4 Å². The van der Waals surface area contributed by atoms with Gasteiger partial charge in [-0.25, -0.2) is 0 Å². The van der Waals surface area contributed by atoms with Gasteiger partial charge in [0.2, 0.25) is 0 Å². The van der Waals surface area contributed by atoms with E-state index in [1.807, 2.05) is 0 Å². The van der Waals surface area contributed by atoms with E-state index in [4.69, 9.17) is 0 Å². The van der Waals surface area contributed by atoms with Crippen molar-refractivity contribution in [2.24, 2.45) is 0 Å². The molecule has 0 aromatic carbocycles. The highest BCUT2D eigenvalue weighted by Gasteiger charge is 2.05. The molecule has 20 heavy (non-hydrogen) atoms. The van der Waals surface area contributed by atoms with Gasteiger partial charge in [-0.3, -0.25) is 0 Å². The lowest BCUT2D eigenvalue weighted by Gasteiger charge is -2.15. The summed E-state index contributed by atoms with van der Waals surface area (Å²) in [6.45, 7) is 4.58. The molecule has 0 atom stereocenters. The highest BCUT2D eigenvalue weighted by molar-refractivity contribution is 5.85. The van der Waals surface area contributed by atoms with Crippen molar-refractivity contribution in [2.45, 2.75) is 110 Å². The van der Waals surface area contributed by atoms with Crippen LogP contribution in [0.15, 0.2) is 0 Å². The van der Waals surface area contributed by atoms with Crippen molar-refractivity contribution in [3.8, 4) is 0 Å². The molecule has 0 rings (SSSR count). The molecule has 0 saturated carbocycles. The first-order valence-corrected chi connectivity index (χ1v) is 9.02. The Morgan fingerprint density at radius 3 is 1.30 bits per heavy atom. The molecule has 0 amide bonds. The molecule has 0 radical (unpaired) electrons. The highest BCUT2D eigenvalue weighted by atomic mass is 35.5. The smallest absolute Gasteiger partial charge is 0.00640 e. The Kier molecular flexibility index (Phi) is 21.7. The zero-order chi connectivity index (χ0) is 14.2. The molecule has 1 nitrogen and oxygen atoms in total. The van der Waals surface area contributed by atoms with Gasteiger partial charge >= 0.3 is 0 Å². The number of hydrogen-bond donors (Lipinski definition) is 1. The zero-order valence-corrected chi connectivity index (χ0v) is 15.2. The van der Waals surface area contributed by atoms with Crippen LogP contribution in [0.4, 0.5) is 0 Å². The van der Waals surface area contributed by atoms with E-state index in [1.165, 1.54) is 89.9 Å². The lowest BCUT2D eigenvalue weighted by molar-refractivity contribution is 0.436. The highest BCUT2D eigenvalue weighted by Crippen LogP contribution is 2.13. The standard InChI is InChI=1S/C18H39N.ClH/c1-4-6-8-10-12-14-16-18(19-3)17-15-13-11-9-7-5-2;/h18-19H,4-17H2,1-3H3;1H. The van der Waals surface area contributed by atoms with Crippen molar-refractivity contribution in [3.63, 3.8) is 0 Å². The lowest BCUT2D eigenvalue weighted by Crippen LogP contribution is -2.24. The second-order valence-electron chi connectivity index (χ2n) is 6.10. The van der Waals surface area contributed by atoms with E-state index in [2.05, 4.69) is 26.2 Å². The van der Waals surface area contributed by atoms with Gasteiger partial charge in [-0.15, -0.1) is 12.4 Å². The van der Waals surface area contributed by atoms with E-state index in [0.29, 0.717) is 0 Å². The normalized spacial score (nSPS) is 10.8. The molecule has 0 aliphatic carbocycles. The molecular weight excluding hydrogens is 266 g/mol. The van der Waals surface area contributed by atoms with Crippen molar-refractivity contribution < 1.29 is 0 Å². The van der Waals surface area contributed by atoms with Gasteiger partial charge in [-0.1, -0.05) is 90.9 Å². The van der Waals surface area contributed by atoms with Gasteiger partial charge < -0.3 is 5.32 Å². The molecule has 0 fully saturated rings. The molecule has 1 N–H and O–H groups in total. The minimum atomic E-state index is 0. The summed E-state index contributed by atoms with van der Waals surface area (Å²) in [7, 11) is 2.14. The van der Waals surface area contributed by atoms with Crippen LogP contribution in [-0.2, 0) is 0 Å². The largest absolute Gasteiger partial charge is 0.317 e. The van der Waals surface area contributed by atoms with Gasteiger partial charge in [0.1, 0.15) is 0 Å². The fourth-order valence-corrected chi connectivity index (χ4v) is 2.78. The molecular formula is C18H40ClN. The summed E-state index contributed by atoms with van der Waals surface area (Å²) in [6, 6.07) is 0.775. The van der Waals surface area contributed by atoms with Crippen LogP contribution >= 0.6 is 12.4 Å². The third-order valence-corrected chi connectivity index (χ3v) is 4.22. The van der Waals surface area contributed by atoms with Gasteiger partial charge in [0.15, 0.2) is 0 Å². The van der Waals surface area contributed by atoms with Crippen molar-refractivity contribution in [3.05, 3.63) is 0 Å². The van der Waals surface area contributed by atoms with Crippen LogP contribution in [0.2, 0.25) is 0 Å². The Hall–Kier alpha value is 0.250. The van der Waals surface area contributed by atoms with Crippen LogP contribution in [0, 0.1) is 0 Å².